The minimum absolute atomic E-state index is 1.34. The Bertz CT molecular complexity index is 922. The lowest BCUT2D eigenvalue weighted by molar-refractivity contribution is 1.71. The predicted molar refractivity (Wildman–Crippen MR) is 114 cm³/mol. The van der Waals surface area contributed by atoms with E-state index in [9.17, 15) is 0 Å². The molecule has 0 aliphatic carbocycles. The zero-order valence-corrected chi connectivity index (χ0v) is 14.4. The average molecular weight is 326 g/mol. The number of hydrogen-bond acceptors (Lipinski definition) is 0. The van der Waals surface area contributed by atoms with Gasteiger partial charge in [0.15, 0.2) is 14.6 Å². The van der Waals surface area contributed by atoms with Gasteiger partial charge < -0.3 is 0 Å². The van der Waals surface area contributed by atoms with E-state index in [1.807, 2.05) is 0 Å². The standard InChI is InChI=1S/2C12H8B/c2*1-3-7-11-9(5-1)10-6-2-4-8-12(10)13-11/h2*1-8H. The first-order valence-corrected chi connectivity index (χ1v) is 8.96. The fourth-order valence-electron chi connectivity index (χ4n) is 3.81. The lowest BCUT2D eigenvalue weighted by Gasteiger charge is -1.99. The Kier molecular flexibility index (Phi) is 3.75. The van der Waals surface area contributed by atoms with Gasteiger partial charge in [0.05, 0.1) is 0 Å². The Morgan fingerprint density at radius 3 is 0.808 bits per heavy atom. The summed E-state index contributed by atoms with van der Waals surface area (Å²) in [6, 6.07) is 34.1. The van der Waals surface area contributed by atoms with Crippen molar-refractivity contribution in [2.24, 2.45) is 0 Å². The van der Waals surface area contributed by atoms with Crippen LogP contribution in [-0.4, -0.2) is 14.6 Å². The molecule has 2 aliphatic rings. The summed E-state index contributed by atoms with van der Waals surface area (Å²) in [6.45, 7) is 0. The normalized spacial score (nSPS) is 11.7. The summed E-state index contributed by atoms with van der Waals surface area (Å²) < 4.78 is 0. The van der Waals surface area contributed by atoms with E-state index in [1.165, 1.54) is 44.1 Å². The second-order valence-corrected chi connectivity index (χ2v) is 6.64. The monoisotopic (exact) mass is 326 g/mol. The van der Waals surface area contributed by atoms with Gasteiger partial charge in [0.2, 0.25) is 0 Å². The summed E-state index contributed by atoms with van der Waals surface area (Å²) in [5.41, 5.74) is 10.8. The minimum atomic E-state index is 1.34. The van der Waals surface area contributed by atoms with E-state index >= 15 is 0 Å². The number of rotatable bonds is 0. The fourth-order valence-corrected chi connectivity index (χ4v) is 3.81. The Morgan fingerprint density at radius 1 is 0.308 bits per heavy atom. The van der Waals surface area contributed by atoms with E-state index in [0.717, 1.165) is 0 Å². The van der Waals surface area contributed by atoms with E-state index < -0.39 is 0 Å². The molecule has 0 bridgehead atoms. The highest BCUT2D eigenvalue weighted by atomic mass is 14.1. The maximum absolute atomic E-state index is 2.24. The molecule has 0 nitrogen and oxygen atoms in total. The summed E-state index contributed by atoms with van der Waals surface area (Å²) >= 11 is 0. The maximum Gasteiger partial charge on any atom is 0.193 e. The first-order chi connectivity index (χ1) is 12.9. The van der Waals surface area contributed by atoms with Gasteiger partial charge >= 0.3 is 0 Å². The Balaban J connectivity index is 0.000000115. The van der Waals surface area contributed by atoms with Gasteiger partial charge in [-0.1, -0.05) is 119 Å². The third-order valence-electron chi connectivity index (χ3n) is 5.05. The highest BCUT2D eigenvalue weighted by molar-refractivity contribution is 6.73. The molecule has 2 radical (unpaired) electrons. The predicted octanol–water partition coefficient (Wildman–Crippen LogP) is 2.64. The van der Waals surface area contributed by atoms with Crippen molar-refractivity contribution in [3.63, 3.8) is 0 Å². The van der Waals surface area contributed by atoms with Crippen LogP contribution in [0, 0.1) is 0 Å². The van der Waals surface area contributed by atoms with Crippen molar-refractivity contribution in [1.29, 1.82) is 0 Å². The van der Waals surface area contributed by atoms with E-state index in [4.69, 9.17) is 0 Å². The van der Waals surface area contributed by atoms with Crippen LogP contribution < -0.4 is 21.9 Å². The molecule has 6 rings (SSSR count). The lowest BCUT2D eigenvalue weighted by Crippen LogP contribution is -2.20. The lowest BCUT2D eigenvalue weighted by atomic mass is 9.68. The molecule has 0 saturated carbocycles. The van der Waals surface area contributed by atoms with Crippen LogP contribution in [0.2, 0.25) is 0 Å². The smallest absolute Gasteiger partial charge is 0.0737 e. The van der Waals surface area contributed by atoms with Gasteiger partial charge in [0, 0.05) is 0 Å². The Labute approximate surface area is 156 Å². The van der Waals surface area contributed by atoms with Crippen molar-refractivity contribution in [3.8, 4) is 22.3 Å². The molecule has 2 aliphatic heterocycles. The molecular weight excluding hydrogens is 310 g/mol. The molecule has 0 aromatic heterocycles. The molecule has 0 amide bonds. The number of fused-ring (bicyclic) bond motifs is 6. The molecule has 0 fully saturated rings. The summed E-state index contributed by atoms with van der Waals surface area (Å²) in [5, 5.41) is 0. The van der Waals surface area contributed by atoms with Gasteiger partial charge in [-0.2, -0.15) is 0 Å². The topological polar surface area (TPSA) is 0 Å². The van der Waals surface area contributed by atoms with Crippen LogP contribution in [0.1, 0.15) is 0 Å². The highest BCUT2D eigenvalue weighted by Crippen LogP contribution is 2.19. The molecular formula is C24H16B2. The maximum atomic E-state index is 2.24. The van der Waals surface area contributed by atoms with Crippen molar-refractivity contribution in [3.05, 3.63) is 97.1 Å². The van der Waals surface area contributed by atoms with Gasteiger partial charge in [-0.3, -0.25) is 0 Å². The molecule has 4 aromatic carbocycles. The van der Waals surface area contributed by atoms with E-state index in [1.54, 1.807) is 0 Å². The van der Waals surface area contributed by atoms with E-state index in [-0.39, 0.29) is 0 Å². The highest BCUT2D eigenvalue weighted by Gasteiger charge is 2.18. The van der Waals surface area contributed by atoms with Gasteiger partial charge in [-0.25, -0.2) is 0 Å². The molecule has 0 N–H and O–H groups in total. The first kappa shape index (κ1) is 15.3. The van der Waals surface area contributed by atoms with Crippen molar-refractivity contribution >= 4 is 36.4 Å². The van der Waals surface area contributed by atoms with Crippen LogP contribution in [0.15, 0.2) is 97.1 Å². The van der Waals surface area contributed by atoms with Crippen LogP contribution in [0.5, 0.6) is 0 Å². The van der Waals surface area contributed by atoms with Crippen molar-refractivity contribution in [2.45, 2.75) is 0 Å². The van der Waals surface area contributed by atoms with E-state index in [0.29, 0.717) is 0 Å². The van der Waals surface area contributed by atoms with Crippen LogP contribution in [0.25, 0.3) is 22.3 Å². The summed E-state index contributed by atoms with van der Waals surface area (Å²) in [4.78, 5) is 0. The Morgan fingerprint density at radius 2 is 0.538 bits per heavy atom. The minimum Gasteiger partial charge on any atom is -0.0737 e. The first-order valence-electron chi connectivity index (χ1n) is 8.96. The summed E-state index contributed by atoms with van der Waals surface area (Å²) in [5.74, 6) is 0. The van der Waals surface area contributed by atoms with Gasteiger partial charge in [-0.15, -0.1) is 0 Å². The average Bonchev–Trinajstić information content (AvgIpc) is 3.27. The fraction of sp³-hybridized carbons (Fsp3) is 0. The van der Waals surface area contributed by atoms with E-state index in [2.05, 4.69) is 112 Å². The number of hydrogen-bond donors (Lipinski definition) is 0. The molecule has 0 atom stereocenters. The van der Waals surface area contributed by atoms with Crippen LogP contribution in [-0.2, 0) is 0 Å². The quantitative estimate of drug-likeness (QED) is 0.377. The van der Waals surface area contributed by atoms with Crippen molar-refractivity contribution < 1.29 is 0 Å². The third-order valence-corrected chi connectivity index (χ3v) is 5.05. The Hall–Kier alpha value is -2.99. The molecule has 0 unspecified atom stereocenters. The molecule has 26 heavy (non-hydrogen) atoms. The van der Waals surface area contributed by atoms with Gasteiger partial charge in [-0.05, 0) is 22.3 Å². The summed E-state index contributed by atoms with van der Waals surface area (Å²) in [7, 11) is 4.48. The second-order valence-electron chi connectivity index (χ2n) is 6.64. The molecule has 2 heteroatoms. The van der Waals surface area contributed by atoms with Crippen LogP contribution in [0.3, 0.4) is 0 Å². The van der Waals surface area contributed by atoms with Crippen LogP contribution >= 0.6 is 0 Å². The van der Waals surface area contributed by atoms with Gasteiger partial charge in [0.1, 0.15) is 0 Å². The summed E-state index contributed by atoms with van der Waals surface area (Å²) in [6.07, 6.45) is 0. The largest absolute Gasteiger partial charge is 0.193 e. The molecule has 4 aromatic rings. The van der Waals surface area contributed by atoms with Gasteiger partial charge in [0.25, 0.3) is 0 Å². The zero-order valence-electron chi connectivity index (χ0n) is 14.4. The SMILES string of the molecule is [B]1c2ccccc2-c2ccccc21.[B]1c2ccccc2-c2ccccc21. The molecule has 118 valence electrons. The molecule has 0 saturated heterocycles. The van der Waals surface area contributed by atoms with Crippen molar-refractivity contribution in [1.82, 2.24) is 0 Å². The third kappa shape index (κ3) is 2.59. The number of benzene rings is 4. The molecule has 0 spiro atoms. The zero-order chi connectivity index (χ0) is 17.3. The second kappa shape index (κ2) is 6.38. The molecule has 2 heterocycles. The van der Waals surface area contributed by atoms with Crippen molar-refractivity contribution in [2.75, 3.05) is 0 Å². The van der Waals surface area contributed by atoms with Crippen LogP contribution in [0.4, 0.5) is 0 Å².